The normalized spacial score (nSPS) is 25.1. The highest BCUT2D eigenvalue weighted by atomic mass is 16.5. The number of anilines is 1. The van der Waals surface area contributed by atoms with Gasteiger partial charge in [0.1, 0.15) is 0 Å². The minimum atomic E-state index is -0.301. The van der Waals surface area contributed by atoms with Crippen LogP contribution < -0.4 is 10.8 Å². The van der Waals surface area contributed by atoms with Crippen molar-refractivity contribution in [3.8, 4) is 0 Å². The number of carbonyl (C=O) groups excluding carboxylic acids is 1. The fourth-order valence-electron chi connectivity index (χ4n) is 3.62. The Hall–Kier alpha value is -2.33. The fourth-order valence-corrected chi connectivity index (χ4v) is 3.62. The second-order valence-electron chi connectivity index (χ2n) is 6.91. The molecular weight excluding hydrogens is 300 g/mol. The number of nitrogens with one attached hydrogen (secondary N) is 2. The van der Waals surface area contributed by atoms with E-state index in [0.717, 1.165) is 29.3 Å². The van der Waals surface area contributed by atoms with E-state index < -0.39 is 0 Å². The van der Waals surface area contributed by atoms with E-state index in [-0.39, 0.29) is 23.7 Å². The molecule has 0 heterocycles. The Bertz CT molecular complexity index is 710. The van der Waals surface area contributed by atoms with Gasteiger partial charge in [0, 0.05) is 24.1 Å². The Labute approximate surface area is 141 Å². The summed E-state index contributed by atoms with van der Waals surface area (Å²) in [5, 5.41) is 12.5. The molecule has 2 aliphatic carbocycles. The van der Waals surface area contributed by atoms with Crippen LogP contribution in [0.3, 0.4) is 0 Å². The molecule has 4 nitrogen and oxygen atoms in total. The van der Waals surface area contributed by atoms with Gasteiger partial charge in [-0.15, -0.1) is 0 Å². The average molecular weight is 322 g/mol. The van der Waals surface area contributed by atoms with Crippen LogP contribution in [-0.4, -0.2) is 17.7 Å². The van der Waals surface area contributed by atoms with Gasteiger partial charge in [-0.05, 0) is 42.0 Å². The maximum absolute atomic E-state index is 12.0. The maximum atomic E-state index is 12.0. The second-order valence-corrected chi connectivity index (χ2v) is 6.91. The van der Waals surface area contributed by atoms with E-state index in [1.165, 1.54) is 12.8 Å². The first kappa shape index (κ1) is 15.2. The smallest absolute Gasteiger partial charge is 0.247 e. The summed E-state index contributed by atoms with van der Waals surface area (Å²) in [6.45, 7) is 1.05. The van der Waals surface area contributed by atoms with E-state index in [4.69, 9.17) is 5.21 Å². The van der Waals surface area contributed by atoms with Crippen LogP contribution >= 0.6 is 0 Å². The number of hydrogen-bond acceptors (Lipinski definition) is 3. The monoisotopic (exact) mass is 322 g/mol. The van der Waals surface area contributed by atoms with Crippen molar-refractivity contribution in [3.05, 3.63) is 65.7 Å². The van der Waals surface area contributed by atoms with Crippen LogP contribution in [0.4, 0.5) is 5.69 Å². The van der Waals surface area contributed by atoms with Crippen LogP contribution in [0.15, 0.2) is 54.6 Å². The molecule has 0 saturated heterocycles. The molecular formula is C20H22N2O2. The number of hydroxylamine groups is 1. The van der Waals surface area contributed by atoms with Gasteiger partial charge in [0.05, 0.1) is 5.92 Å². The van der Waals surface area contributed by atoms with Gasteiger partial charge in [0.2, 0.25) is 5.91 Å². The fraction of sp³-hybridized carbons (Fsp3) is 0.350. The van der Waals surface area contributed by atoms with E-state index in [2.05, 4.69) is 29.6 Å². The third kappa shape index (κ3) is 3.02. The summed E-state index contributed by atoms with van der Waals surface area (Å²) >= 11 is 0. The van der Waals surface area contributed by atoms with Crippen molar-refractivity contribution in [3.63, 3.8) is 0 Å². The highest BCUT2D eigenvalue weighted by molar-refractivity contribution is 5.84. The Morgan fingerprint density at radius 1 is 0.958 bits per heavy atom. The molecule has 0 bridgehead atoms. The minimum absolute atomic E-state index is 0.122. The molecule has 0 aromatic heterocycles. The molecule has 0 aliphatic heterocycles. The second kappa shape index (κ2) is 6.29. The van der Waals surface area contributed by atoms with E-state index in [9.17, 15) is 4.79 Å². The van der Waals surface area contributed by atoms with Gasteiger partial charge in [-0.2, -0.15) is 0 Å². The van der Waals surface area contributed by atoms with Crippen molar-refractivity contribution in [2.75, 3.05) is 11.9 Å². The molecule has 4 heteroatoms. The quantitative estimate of drug-likeness (QED) is 0.563. The summed E-state index contributed by atoms with van der Waals surface area (Å²) in [6.07, 6.45) is 2.67. The Balaban J connectivity index is 1.51. The third-order valence-electron chi connectivity index (χ3n) is 5.20. The summed E-state index contributed by atoms with van der Waals surface area (Å²) in [5.41, 5.74) is 5.25. The summed E-state index contributed by atoms with van der Waals surface area (Å²) in [7, 11) is 0. The summed E-state index contributed by atoms with van der Waals surface area (Å²) in [6, 6.07) is 18.4. The van der Waals surface area contributed by atoms with Crippen LogP contribution in [0, 0.1) is 11.8 Å². The van der Waals surface area contributed by atoms with Crippen LogP contribution in [0.5, 0.6) is 0 Å². The summed E-state index contributed by atoms with van der Waals surface area (Å²) in [4.78, 5) is 12.0. The third-order valence-corrected chi connectivity index (χ3v) is 5.20. The van der Waals surface area contributed by atoms with E-state index in [1.807, 2.05) is 35.8 Å². The molecule has 1 amide bonds. The minimum Gasteiger partial charge on any atom is -0.385 e. The average Bonchev–Trinajstić information content (AvgIpc) is 3.55. The van der Waals surface area contributed by atoms with Crippen molar-refractivity contribution in [1.29, 1.82) is 0 Å². The van der Waals surface area contributed by atoms with E-state index >= 15 is 0 Å². The van der Waals surface area contributed by atoms with Crippen molar-refractivity contribution < 1.29 is 10.0 Å². The van der Waals surface area contributed by atoms with Gasteiger partial charge in [-0.25, -0.2) is 5.48 Å². The zero-order valence-corrected chi connectivity index (χ0v) is 13.5. The lowest BCUT2D eigenvalue weighted by atomic mass is 10.0. The maximum Gasteiger partial charge on any atom is 0.247 e. The van der Waals surface area contributed by atoms with Crippen LogP contribution in [0.1, 0.15) is 35.8 Å². The Kier molecular flexibility index (Phi) is 3.98. The van der Waals surface area contributed by atoms with E-state index in [0.29, 0.717) is 0 Å². The number of benzene rings is 2. The van der Waals surface area contributed by atoms with Crippen molar-refractivity contribution in [2.24, 2.45) is 11.8 Å². The lowest BCUT2D eigenvalue weighted by Gasteiger charge is -2.07. The van der Waals surface area contributed by atoms with Crippen LogP contribution in [-0.2, 0) is 4.79 Å². The highest BCUT2D eigenvalue weighted by Crippen LogP contribution is 2.60. The lowest BCUT2D eigenvalue weighted by molar-refractivity contribution is -0.130. The Morgan fingerprint density at radius 2 is 1.58 bits per heavy atom. The number of rotatable bonds is 6. The molecule has 0 unspecified atom stereocenters. The van der Waals surface area contributed by atoms with Gasteiger partial charge in [0.15, 0.2) is 0 Å². The molecule has 2 saturated carbocycles. The van der Waals surface area contributed by atoms with E-state index in [1.54, 1.807) is 0 Å². The standard InChI is InChI=1S/C20H22N2O2/c23-20(22-24)19-17(14-4-2-1-3-5-14)18(19)15-8-10-16(11-9-15)21-12-13-6-7-13/h1-5,8-11,13,17-19,21,24H,6-7,12H2,(H,22,23)/t17-,18-,19-/m1/s1. The van der Waals surface area contributed by atoms with Crippen molar-refractivity contribution in [2.45, 2.75) is 24.7 Å². The molecule has 2 aliphatic rings. The van der Waals surface area contributed by atoms with Crippen molar-refractivity contribution >= 4 is 11.6 Å². The SMILES string of the molecule is O=C(NO)[C@@H]1[C@H](c2ccccc2)[C@H]1c1ccc(NCC2CC2)cc1. The highest BCUT2D eigenvalue weighted by Gasteiger charge is 2.56. The topological polar surface area (TPSA) is 61.4 Å². The molecule has 3 N–H and O–H groups in total. The zero-order valence-electron chi connectivity index (χ0n) is 13.5. The van der Waals surface area contributed by atoms with Gasteiger partial charge in [-0.3, -0.25) is 10.0 Å². The van der Waals surface area contributed by atoms with Gasteiger partial charge >= 0.3 is 0 Å². The Morgan fingerprint density at radius 3 is 2.17 bits per heavy atom. The molecule has 2 fully saturated rings. The van der Waals surface area contributed by atoms with Gasteiger partial charge in [0.25, 0.3) is 0 Å². The first-order chi connectivity index (χ1) is 11.8. The van der Waals surface area contributed by atoms with Gasteiger partial charge in [-0.1, -0.05) is 42.5 Å². The van der Waals surface area contributed by atoms with Crippen LogP contribution in [0.2, 0.25) is 0 Å². The largest absolute Gasteiger partial charge is 0.385 e. The molecule has 2 aromatic rings. The molecule has 124 valence electrons. The molecule has 0 radical (unpaired) electrons. The zero-order chi connectivity index (χ0) is 16.5. The lowest BCUT2D eigenvalue weighted by Crippen LogP contribution is -2.21. The van der Waals surface area contributed by atoms with Crippen molar-refractivity contribution in [1.82, 2.24) is 5.48 Å². The number of hydrogen-bond donors (Lipinski definition) is 3. The molecule has 2 aromatic carbocycles. The first-order valence-electron chi connectivity index (χ1n) is 8.60. The molecule has 0 spiro atoms. The predicted molar refractivity (Wildman–Crippen MR) is 93.0 cm³/mol. The molecule has 3 atom stereocenters. The summed E-state index contributed by atoms with van der Waals surface area (Å²) in [5.74, 6) is 0.585. The predicted octanol–water partition coefficient (Wildman–Crippen LogP) is 3.51. The number of carbonyl (C=O) groups is 1. The van der Waals surface area contributed by atoms with Crippen LogP contribution in [0.25, 0.3) is 0 Å². The van der Waals surface area contributed by atoms with Gasteiger partial charge < -0.3 is 5.32 Å². The number of amides is 1. The summed E-state index contributed by atoms with van der Waals surface area (Å²) < 4.78 is 0. The molecule has 24 heavy (non-hydrogen) atoms. The first-order valence-corrected chi connectivity index (χ1v) is 8.60. The molecule has 4 rings (SSSR count).